The Morgan fingerprint density at radius 1 is 1.27 bits per heavy atom. The Bertz CT molecular complexity index is 226. The lowest BCUT2D eigenvalue weighted by Gasteiger charge is -2.22. The molecule has 4 nitrogen and oxygen atoms in total. The summed E-state index contributed by atoms with van der Waals surface area (Å²) in [4.78, 5) is 22.9. The first-order chi connectivity index (χ1) is 6.93. The topological polar surface area (TPSA) is 55.4 Å². The largest absolute Gasteiger partial charge is 0.467 e. The van der Waals surface area contributed by atoms with Gasteiger partial charge in [-0.1, -0.05) is 34.1 Å². The molecule has 0 aliphatic carbocycles. The van der Waals surface area contributed by atoms with Gasteiger partial charge in [0.05, 0.1) is 7.11 Å². The second-order valence-electron chi connectivity index (χ2n) is 4.05. The molecule has 0 aromatic carbocycles. The normalized spacial score (nSPS) is 14.5. The van der Waals surface area contributed by atoms with Gasteiger partial charge >= 0.3 is 5.97 Å². The van der Waals surface area contributed by atoms with E-state index >= 15 is 0 Å². The Morgan fingerprint density at radius 3 is 2.13 bits per heavy atom. The summed E-state index contributed by atoms with van der Waals surface area (Å²) in [7, 11) is 1.33. The quantitative estimate of drug-likeness (QED) is 0.704. The predicted octanol–water partition coefficient (Wildman–Crippen LogP) is 1.35. The smallest absolute Gasteiger partial charge is 0.328 e. The van der Waals surface area contributed by atoms with Gasteiger partial charge in [0.15, 0.2) is 0 Å². The number of carbonyl (C=O) groups is 2. The number of nitrogens with one attached hydrogen (secondary N) is 1. The van der Waals surface area contributed by atoms with Crippen molar-refractivity contribution in [3.8, 4) is 0 Å². The van der Waals surface area contributed by atoms with E-state index < -0.39 is 6.04 Å². The van der Waals surface area contributed by atoms with Crippen LogP contribution in [0.25, 0.3) is 0 Å². The Hall–Kier alpha value is -1.06. The molecule has 4 heteroatoms. The van der Waals surface area contributed by atoms with Crippen molar-refractivity contribution in [3.63, 3.8) is 0 Å². The summed E-state index contributed by atoms with van der Waals surface area (Å²) < 4.78 is 4.66. The van der Waals surface area contributed by atoms with Gasteiger partial charge in [0.1, 0.15) is 6.04 Å². The van der Waals surface area contributed by atoms with Crippen molar-refractivity contribution in [2.24, 2.45) is 11.8 Å². The maximum Gasteiger partial charge on any atom is 0.328 e. The van der Waals surface area contributed by atoms with Crippen LogP contribution < -0.4 is 5.32 Å². The maximum absolute atomic E-state index is 11.5. The molecule has 0 unspecified atom stereocenters. The summed E-state index contributed by atoms with van der Waals surface area (Å²) in [6.07, 6.45) is 0.818. The number of methoxy groups -OCH3 is 1. The first kappa shape index (κ1) is 13.9. The molecule has 0 rings (SSSR count). The highest BCUT2D eigenvalue weighted by atomic mass is 16.5. The summed E-state index contributed by atoms with van der Waals surface area (Å²) in [6.45, 7) is 7.48. The van der Waals surface area contributed by atoms with Crippen LogP contribution in [0.2, 0.25) is 0 Å². The van der Waals surface area contributed by atoms with E-state index in [0.29, 0.717) is 0 Å². The molecule has 1 N–H and O–H groups in total. The van der Waals surface area contributed by atoms with Gasteiger partial charge in [0.25, 0.3) is 0 Å². The van der Waals surface area contributed by atoms with E-state index in [1.54, 1.807) is 13.8 Å². The van der Waals surface area contributed by atoms with Gasteiger partial charge < -0.3 is 10.1 Å². The van der Waals surface area contributed by atoms with Crippen molar-refractivity contribution in [2.75, 3.05) is 7.11 Å². The summed E-state index contributed by atoms with van der Waals surface area (Å²) >= 11 is 0. The first-order valence-corrected chi connectivity index (χ1v) is 5.32. The molecule has 0 fully saturated rings. The average Bonchev–Trinajstić information content (AvgIpc) is 2.23. The van der Waals surface area contributed by atoms with Crippen LogP contribution >= 0.6 is 0 Å². The predicted molar refractivity (Wildman–Crippen MR) is 58.2 cm³/mol. The Labute approximate surface area is 91.4 Å². The van der Waals surface area contributed by atoms with Crippen LogP contribution in [0.4, 0.5) is 0 Å². The zero-order valence-corrected chi connectivity index (χ0v) is 10.2. The van der Waals surface area contributed by atoms with Gasteiger partial charge in [0, 0.05) is 5.92 Å². The number of esters is 1. The van der Waals surface area contributed by atoms with Gasteiger partial charge in [-0.15, -0.1) is 0 Å². The van der Waals surface area contributed by atoms with Gasteiger partial charge in [-0.25, -0.2) is 4.79 Å². The molecular formula is C11H21NO3. The van der Waals surface area contributed by atoms with E-state index in [9.17, 15) is 9.59 Å². The van der Waals surface area contributed by atoms with E-state index in [2.05, 4.69) is 10.1 Å². The third-order valence-electron chi connectivity index (χ3n) is 2.49. The highest BCUT2D eigenvalue weighted by molar-refractivity contribution is 5.85. The van der Waals surface area contributed by atoms with Crippen LogP contribution in [0.3, 0.4) is 0 Å². The minimum Gasteiger partial charge on any atom is -0.467 e. The number of carbonyl (C=O) groups excluding carboxylic acids is 2. The van der Waals surface area contributed by atoms with E-state index in [1.165, 1.54) is 7.11 Å². The number of ether oxygens (including phenoxy) is 1. The van der Waals surface area contributed by atoms with Crippen LogP contribution in [-0.2, 0) is 14.3 Å². The minimum absolute atomic E-state index is 0.0835. The average molecular weight is 215 g/mol. The molecular weight excluding hydrogens is 194 g/mol. The Kier molecular flexibility index (Phi) is 5.97. The Balaban J connectivity index is 4.51. The summed E-state index contributed by atoms with van der Waals surface area (Å²) in [5.74, 6) is -0.537. The van der Waals surface area contributed by atoms with Crippen molar-refractivity contribution in [1.82, 2.24) is 5.32 Å². The molecule has 15 heavy (non-hydrogen) atoms. The van der Waals surface area contributed by atoms with E-state index in [1.807, 2.05) is 13.8 Å². The molecule has 0 bridgehead atoms. The summed E-state index contributed by atoms with van der Waals surface area (Å²) in [5.41, 5.74) is 0. The molecule has 88 valence electrons. The number of hydrogen-bond acceptors (Lipinski definition) is 3. The molecule has 0 spiro atoms. The van der Waals surface area contributed by atoms with Crippen molar-refractivity contribution >= 4 is 11.9 Å². The number of amides is 1. The first-order valence-electron chi connectivity index (χ1n) is 5.32. The highest BCUT2D eigenvalue weighted by Crippen LogP contribution is 2.10. The van der Waals surface area contributed by atoms with E-state index in [-0.39, 0.29) is 23.7 Å². The lowest BCUT2D eigenvalue weighted by molar-refractivity contribution is -0.147. The number of hydrogen-bond donors (Lipinski definition) is 1. The van der Waals surface area contributed by atoms with E-state index in [4.69, 9.17) is 0 Å². The number of rotatable bonds is 5. The monoisotopic (exact) mass is 215 g/mol. The van der Waals surface area contributed by atoms with E-state index in [0.717, 1.165) is 6.42 Å². The molecule has 2 atom stereocenters. The van der Waals surface area contributed by atoms with Crippen LogP contribution in [-0.4, -0.2) is 25.0 Å². The highest BCUT2D eigenvalue weighted by Gasteiger charge is 2.27. The third kappa shape index (κ3) is 4.32. The molecule has 0 aromatic rings. The van der Waals surface area contributed by atoms with Gasteiger partial charge in [0.2, 0.25) is 5.91 Å². The molecule has 0 saturated heterocycles. The molecule has 0 aliphatic rings. The molecule has 0 radical (unpaired) electrons. The lowest BCUT2D eigenvalue weighted by atomic mass is 9.98. The van der Waals surface area contributed by atoms with Crippen molar-refractivity contribution in [3.05, 3.63) is 0 Å². The minimum atomic E-state index is -0.533. The molecule has 0 heterocycles. The van der Waals surface area contributed by atoms with Crippen LogP contribution in [0.1, 0.15) is 34.1 Å². The van der Waals surface area contributed by atoms with Crippen LogP contribution in [0.5, 0.6) is 0 Å². The van der Waals surface area contributed by atoms with Crippen LogP contribution in [0, 0.1) is 11.8 Å². The third-order valence-corrected chi connectivity index (χ3v) is 2.49. The fourth-order valence-electron chi connectivity index (χ4n) is 1.12. The standard InChI is InChI=1S/C11H21NO3/c1-6-8(4)9(11(14)15-5)12-10(13)7(2)3/h7-9H,6H2,1-5H3,(H,12,13)/t8-,9+/m0/s1. The van der Waals surface area contributed by atoms with Crippen molar-refractivity contribution in [2.45, 2.75) is 40.2 Å². The SMILES string of the molecule is CC[C@H](C)[C@@H](NC(=O)C(C)C)C(=O)OC. The van der Waals surface area contributed by atoms with Gasteiger partial charge in [-0.2, -0.15) is 0 Å². The molecule has 1 amide bonds. The fourth-order valence-corrected chi connectivity index (χ4v) is 1.12. The second-order valence-corrected chi connectivity index (χ2v) is 4.05. The lowest BCUT2D eigenvalue weighted by Crippen LogP contribution is -2.47. The molecule has 0 aliphatic heterocycles. The van der Waals surface area contributed by atoms with Crippen molar-refractivity contribution in [1.29, 1.82) is 0 Å². The molecule has 0 aromatic heterocycles. The van der Waals surface area contributed by atoms with Gasteiger partial charge in [-0.3, -0.25) is 4.79 Å². The van der Waals surface area contributed by atoms with Crippen molar-refractivity contribution < 1.29 is 14.3 Å². The zero-order chi connectivity index (χ0) is 12.0. The van der Waals surface area contributed by atoms with Crippen LogP contribution in [0.15, 0.2) is 0 Å². The maximum atomic E-state index is 11.5. The fraction of sp³-hybridized carbons (Fsp3) is 0.818. The zero-order valence-electron chi connectivity index (χ0n) is 10.2. The summed E-state index contributed by atoms with van der Waals surface area (Å²) in [5, 5.41) is 2.70. The molecule has 0 saturated carbocycles. The van der Waals surface area contributed by atoms with Gasteiger partial charge in [-0.05, 0) is 5.92 Å². The summed E-state index contributed by atoms with van der Waals surface area (Å²) in [6, 6.07) is -0.533. The Morgan fingerprint density at radius 2 is 1.80 bits per heavy atom. The second kappa shape index (κ2) is 6.43.